The van der Waals surface area contributed by atoms with Gasteiger partial charge in [0.05, 0.1) is 12.1 Å². The van der Waals surface area contributed by atoms with E-state index in [4.69, 9.17) is 9.15 Å². The lowest BCUT2D eigenvalue weighted by Crippen LogP contribution is -2.41. The van der Waals surface area contributed by atoms with Crippen LogP contribution in [0.3, 0.4) is 0 Å². The second-order valence-corrected chi connectivity index (χ2v) is 6.36. The van der Waals surface area contributed by atoms with Crippen LogP contribution in [-0.4, -0.2) is 19.8 Å². The highest BCUT2D eigenvalue weighted by Crippen LogP contribution is 2.35. The Morgan fingerprint density at radius 3 is 2.57 bits per heavy atom. The van der Waals surface area contributed by atoms with E-state index in [0.717, 1.165) is 11.9 Å². The number of hydrogen-bond acceptors (Lipinski definition) is 3. The number of benzene rings is 1. The third-order valence-electron chi connectivity index (χ3n) is 3.66. The molecule has 1 N–H and O–H groups in total. The molecule has 3 nitrogen and oxygen atoms in total. The molecule has 0 amide bonds. The van der Waals surface area contributed by atoms with Crippen LogP contribution in [-0.2, 0) is 4.74 Å². The van der Waals surface area contributed by atoms with Crippen LogP contribution in [0.25, 0.3) is 11.0 Å². The van der Waals surface area contributed by atoms with Gasteiger partial charge in [0, 0.05) is 12.5 Å². The highest BCUT2D eigenvalue weighted by Gasteiger charge is 2.35. The Morgan fingerprint density at radius 1 is 1.33 bits per heavy atom. The molecular formula is C17H24FNO2. The molecule has 0 saturated heterocycles. The Morgan fingerprint density at radius 2 is 2.05 bits per heavy atom. The summed E-state index contributed by atoms with van der Waals surface area (Å²) in [7, 11) is 1.70. The molecule has 1 aromatic heterocycles. The number of nitrogens with one attached hydrogen (secondary N) is 1. The molecule has 2 aromatic rings. The minimum Gasteiger partial charge on any atom is -0.456 e. The van der Waals surface area contributed by atoms with Crippen LogP contribution in [0.5, 0.6) is 0 Å². The van der Waals surface area contributed by atoms with Gasteiger partial charge < -0.3 is 14.5 Å². The van der Waals surface area contributed by atoms with Crippen LogP contribution in [0.4, 0.5) is 4.39 Å². The Balaban J connectivity index is 2.47. The van der Waals surface area contributed by atoms with Gasteiger partial charge >= 0.3 is 0 Å². The normalized spacial score (nSPS) is 15.3. The van der Waals surface area contributed by atoms with Gasteiger partial charge in [0.15, 0.2) is 11.4 Å². The molecule has 0 aliphatic carbocycles. The first-order valence-corrected chi connectivity index (χ1v) is 7.32. The first-order valence-electron chi connectivity index (χ1n) is 7.32. The van der Waals surface area contributed by atoms with E-state index < -0.39 is 0 Å². The Labute approximate surface area is 125 Å². The molecule has 0 fully saturated rings. The van der Waals surface area contributed by atoms with E-state index >= 15 is 0 Å². The van der Waals surface area contributed by atoms with E-state index in [0.29, 0.717) is 11.3 Å². The molecule has 21 heavy (non-hydrogen) atoms. The summed E-state index contributed by atoms with van der Waals surface area (Å²) in [6.45, 7) is 9.17. The van der Waals surface area contributed by atoms with E-state index in [2.05, 4.69) is 26.1 Å². The zero-order valence-electron chi connectivity index (χ0n) is 13.4. The number of likely N-dealkylation sites (N-methyl/N-ethyl adjacent to an activating group) is 1. The number of rotatable bonds is 5. The van der Waals surface area contributed by atoms with Crippen molar-refractivity contribution in [1.82, 2.24) is 5.32 Å². The fourth-order valence-corrected chi connectivity index (χ4v) is 2.77. The number of ether oxygens (including phenoxy) is 1. The van der Waals surface area contributed by atoms with Crippen molar-refractivity contribution in [3.05, 3.63) is 35.8 Å². The fraction of sp³-hybridized carbons (Fsp3) is 0.529. The molecule has 0 radical (unpaired) electrons. The van der Waals surface area contributed by atoms with Crippen molar-refractivity contribution in [1.29, 1.82) is 0 Å². The Hall–Kier alpha value is -1.39. The van der Waals surface area contributed by atoms with Gasteiger partial charge in [0.1, 0.15) is 5.76 Å². The molecule has 4 heteroatoms. The van der Waals surface area contributed by atoms with Gasteiger partial charge in [-0.2, -0.15) is 0 Å². The third-order valence-corrected chi connectivity index (χ3v) is 3.66. The van der Waals surface area contributed by atoms with Crippen LogP contribution in [0.2, 0.25) is 0 Å². The minimum absolute atomic E-state index is 0.0703. The van der Waals surface area contributed by atoms with Crippen molar-refractivity contribution >= 4 is 11.0 Å². The van der Waals surface area contributed by atoms with Crippen molar-refractivity contribution < 1.29 is 13.5 Å². The van der Waals surface area contributed by atoms with E-state index in [1.807, 2.05) is 19.1 Å². The zero-order chi connectivity index (χ0) is 15.6. The predicted molar refractivity (Wildman–Crippen MR) is 82.8 cm³/mol. The van der Waals surface area contributed by atoms with Gasteiger partial charge in [0.25, 0.3) is 0 Å². The Kier molecular flexibility index (Phi) is 4.69. The molecule has 0 spiro atoms. The van der Waals surface area contributed by atoms with Crippen molar-refractivity contribution in [2.24, 2.45) is 5.41 Å². The summed E-state index contributed by atoms with van der Waals surface area (Å²) in [5.41, 5.74) is 0.234. The summed E-state index contributed by atoms with van der Waals surface area (Å²) in [4.78, 5) is 0. The number of halogens is 1. The molecule has 2 atom stereocenters. The topological polar surface area (TPSA) is 34.4 Å². The monoisotopic (exact) mass is 293 g/mol. The predicted octanol–water partition coefficient (Wildman–Crippen LogP) is 4.28. The van der Waals surface area contributed by atoms with E-state index in [-0.39, 0.29) is 23.4 Å². The summed E-state index contributed by atoms with van der Waals surface area (Å²) in [5.74, 6) is 0.373. The van der Waals surface area contributed by atoms with Crippen LogP contribution in [0.1, 0.15) is 39.5 Å². The first-order chi connectivity index (χ1) is 9.88. The molecule has 1 heterocycles. The summed E-state index contributed by atoms with van der Waals surface area (Å²) in [6.07, 6.45) is -0.0823. The molecule has 2 unspecified atom stereocenters. The minimum atomic E-state index is -0.335. The van der Waals surface area contributed by atoms with Gasteiger partial charge in [0.2, 0.25) is 0 Å². The molecular weight excluding hydrogens is 269 g/mol. The van der Waals surface area contributed by atoms with Crippen molar-refractivity contribution in [2.75, 3.05) is 13.7 Å². The SMILES string of the molecule is CCNC(c1cc2cccc(F)c2o1)C(OC)C(C)(C)C. The number of hydrogen-bond donors (Lipinski definition) is 1. The van der Waals surface area contributed by atoms with Gasteiger partial charge in [-0.15, -0.1) is 0 Å². The van der Waals surface area contributed by atoms with Crippen molar-refractivity contribution in [3.63, 3.8) is 0 Å². The van der Waals surface area contributed by atoms with E-state index in [9.17, 15) is 4.39 Å². The quantitative estimate of drug-likeness (QED) is 0.893. The van der Waals surface area contributed by atoms with E-state index in [1.165, 1.54) is 6.07 Å². The molecule has 0 bridgehead atoms. The van der Waals surface area contributed by atoms with Gasteiger partial charge in [-0.25, -0.2) is 4.39 Å². The second-order valence-electron chi connectivity index (χ2n) is 6.36. The lowest BCUT2D eigenvalue weighted by Gasteiger charge is -2.35. The maximum atomic E-state index is 13.8. The van der Waals surface area contributed by atoms with Crippen molar-refractivity contribution in [2.45, 2.75) is 39.8 Å². The number of para-hydroxylation sites is 1. The van der Waals surface area contributed by atoms with Gasteiger partial charge in [-0.05, 0) is 24.1 Å². The molecule has 1 aromatic carbocycles. The summed E-state index contributed by atoms with van der Waals surface area (Å²) in [6, 6.07) is 6.73. The van der Waals surface area contributed by atoms with Gasteiger partial charge in [-0.1, -0.05) is 39.8 Å². The first kappa shape index (κ1) is 16.0. The Bertz CT molecular complexity index is 600. The molecule has 0 saturated carbocycles. The summed E-state index contributed by atoms with van der Waals surface area (Å²) >= 11 is 0. The highest BCUT2D eigenvalue weighted by atomic mass is 19.1. The lowest BCUT2D eigenvalue weighted by atomic mass is 9.83. The zero-order valence-corrected chi connectivity index (χ0v) is 13.4. The maximum absolute atomic E-state index is 13.8. The molecule has 116 valence electrons. The second kappa shape index (κ2) is 6.16. The van der Waals surface area contributed by atoms with Gasteiger partial charge in [-0.3, -0.25) is 0 Å². The maximum Gasteiger partial charge on any atom is 0.169 e. The number of furan rings is 1. The largest absolute Gasteiger partial charge is 0.456 e. The smallest absolute Gasteiger partial charge is 0.169 e. The van der Waals surface area contributed by atoms with Crippen molar-refractivity contribution in [3.8, 4) is 0 Å². The molecule has 0 aliphatic heterocycles. The average molecular weight is 293 g/mol. The fourth-order valence-electron chi connectivity index (χ4n) is 2.77. The lowest BCUT2D eigenvalue weighted by molar-refractivity contribution is -0.0163. The summed E-state index contributed by atoms with van der Waals surface area (Å²) in [5, 5.41) is 4.17. The molecule has 2 rings (SSSR count). The number of methoxy groups -OCH3 is 1. The van der Waals surface area contributed by atoms with E-state index in [1.54, 1.807) is 13.2 Å². The average Bonchev–Trinajstić information content (AvgIpc) is 2.82. The summed E-state index contributed by atoms with van der Waals surface area (Å²) < 4.78 is 25.3. The highest BCUT2D eigenvalue weighted by molar-refractivity contribution is 5.78. The third kappa shape index (κ3) is 3.27. The molecule has 0 aliphatic rings. The van der Waals surface area contributed by atoms with Crippen LogP contribution >= 0.6 is 0 Å². The van der Waals surface area contributed by atoms with Crippen LogP contribution in [0, 0.1) is 11.2 Å². The van der Waals surface area contributed by atoms with Crippen LogP contribution in [0.15, 0.2) is 28.7 Å². The number of fused-ring (bicyclic) bond motifs is 1. The standard InChI is InChI=1S/C17H24FNO2/c1-6-19-14(16(20-5)17(2,3)4)13-10-11-8-7-9-12(18)15(11)21-13/h7-10,14,16,19H,6H2,1-5H3. The van der Waals surface area contributed by atoms with Crippen LogP contribution < -0.4 is 5.32 Å².